The second-order valence-corrected chi connectivity index (χ2v) is 6.56. The molecule has 0 saturated heterocycles. The van der Waals surface area contributed by atoms with Crippen LogP contribution in [-0.2, 0) is 17.8 Å². The minimum Gasteiger partial charge on any atom is -0.493 e. The van der Waals surface area contributed by atoms with Gasteiger partial charge in [0.25, 0.3) is 0 Å². The van der Waals surface area contributed by atoms with E-state index in [1.807, 2.05) is 42.5 Å². The number of benzene rings is 3. The van der Waals surface area contributed by atoms with Gasteiger partial charge in [0.2, 0.25) is 5.91 Å². The summed E-state index contributed by atoms with van der Waals surface area (Å²) < 4.78 is 16.2. The van der Waals surface area contributed by atoms with Gasteiger partial charge in [-0.1, -0.05) is 36.4 Å². The lowest BCUT2D eigenvalue weighted by Crippen LogP contribution is -2.24. The Labute approximate surface area is 162 Å². The molecule has 0 aliphatic heterocycles. The maximum atomic E-state index is 12.5. The first-order chi connectivity index (χ1) is 13.7. The van der Waals surface area contributed by atoms with E-state index in [2.05, 4.69) is 17.4 Å². The number of rotatable bonds is 6. The van der Waals surface area contributed by atoms with E-state index in [9.17, 15) is 4.79 Å². The fraction of sp³-hybridized carbons (Fsp3) is 0.174. The van der Waals surface area contributed by atoms with E-state index in [-0.39, 0.29) is 12.3 Å². The lowest BCUT2D eigenvalue weighted by Gasteiger charge is -2.10. The molecule has 3 aromatic carbocycles. The van der Waals surface area contributed by atoms with Crippen LogP contribution in [0.2, 0.25) is 0 Å². The number of carbonyl (C=O) groups is 1. The van der Waals surface area contributed by atoms with E-state index in [0.29, 0.717) is 18.0 Å². The number of nitrogens with one attached hydrogen (secondary N) is 1. The first-order valence-corrected chi connectivity index (χ1v) is 9.05. The van der Waals surface area contributed by atoms with Crippen LogP contribution in [0.1, 0.15) is 11.1 Å². The minimum atomic E-state index is -0.0644. The summed E-state index contributed by atoms with van der Waals surface area (Å²) in [6, 6.07) is 17.7. The third kappa shape index (κ3) is 3.39. The zero-order chi connectivity index (χ0) is 19.5. The van der Waals surface area contributed by atoms with Crippen molar-refractivity contribution < 1.29 is 18.7 Å². The molecule has 5 heteroatoms. The molecule has 0 atom stereocenters. The average molecular weight is 375 g/mol. The molecule has 1 amide bonds. The van der Waals surface area contributed by atoms with Crippen LogP contribution >= 0.6 is 0 Å². The van der Waals surface area contributed by atoms with Crippen molar-refractivity contribution in [3.63, 3.8) is 0 Å². The largest absolute Gasteiger partial charge is 0.493 e. The second-order valence-electron chi connectivity index (χ2n) is 6.56. The first kappa shape index (κ1) is 17.9. The van der Waals surface area contributed by atoms with Gasteiger partial charge < -0.3 is 19.2 Å². The molecule has 0 aliphatic carbocycles. The van der Waals surface area contributed by atoms with Crippen molar-refractivity contribution in [3.05, 3.63) is 72.0 Å². The van der Waals surface area contributed by atoms with E-state index in [0.717, 1.165) is 32.9 Å². The number of methoxy groups -OCH3 is 2. The van der Waals surface area contributed by atoms with Crippen LogP contribution < -0.4 is 14.8 Å². The number of hydrogen-bond donors (Lipinski definition) is 1. The van der Waals surface area contributed by atoms with Gasteiger partial charge >= 0.3 is 0 Å². The van der Waals surface area contributed by atoms with Crippen LogP contribution in [0, 0.1) is 0 Å². The Balaban J connectivity index is 1.51. The van der Waals surface area contributed by atoms with E-state index >= 15 is 0 Å². The fourth-order valence-electron chi connectivity index (χ4n) is 3.43. The summed E-state index contributed by atoms with van der Waals surface area (Å²) in [4.78, 5) is 12.5. The molecule has 5 nitrogen and oxygen atoms in total. The van der Waals surface area contributed by atoms with E-state index in [1.54, 1.807) is 20.5 Å². The predicted molar refractivity (Wildman–Crippen MR) is 109 cm³/mol. The van der Waals surface area contributed by atoms with Gasteiger partial charge in [-0.05, 0) is 34.5 Å². The summed E-state index contributed by atoms with van der Waals surface area (Å²) in [7, 11) is 3.19. The summed E-state index contributed by atoms with van der Waals surface area (Å²) in [5.41, 5.74) is 2.62. The lowest BCUT2D eigenvalue weighted by molar-refractivity contribution is -0.120. The van der Waals surface area contributed by atoms with Crippen molar-refractivity contribution in [1.82, 2.24) is 5.32 Å². The number of fused-ring (bicyclic) bond motifs is 3. The molecule has 28 heavy (non-hydrogen) atoms. The Kier molecular flexibility index (Phi) is 4.89. The van der Waals surface area contributed by atoms with E-state index in [1.165, 1.54) is 0 Å². The molecule has 4 rings (SSSR count). The van der Waals surface area contributed by atoms with Crippen molar-refractivity contribution in [3.8, 4) is 11.5 Å². The molecule has 0 spiro atoms. The van der Waals surface area contributed by atoms with Crippen LogP contribution in [0.3, 0.4) is 0 Å². The maximum absolute atomic E-state index is 12.5. The third-order valence-electron chi connectivity index (χ3n) is 4.83. The topological polar surface area (TPSA) is 60.7 Å². The number of carbonyl (C=O) groups excluding carboxylic acids is 1. The van der Waals surface area contributed by atoms with Gasteiger partial charge in [0.15, 0.2) is 11.5 Å². The molecular weight excluding hydrogens is 354 g/mol. The van der Waals surface area contributed by atoms with Gasteiger partial charge in [-0.2, -0.15) is 0 Å². The van der Waals surface area contributed by atoms with Crippen LogP contribution in [0.15, 0.2) is 65.3 Å². The summed E-state index contributed by atoms with van der Waals surface area (Å²) in [5.74, 6) is 1.24. The monoisotopic (exact) mass is 375 g/mol. The zero-order valence-electron chi connectivity index (χ0n) is 15.8. The number of furan rings is 1. The Hall–Kier alpha value is -3.47. The van der Waals surface area contributed by atoms with Crippen molar-refractivity contribution in [2.45, 2.75) is 13.0 Å². The van der Waals surface area contributed by atoms with Crippen molar-refractivity contribution in [1.29, 1.82) is 0 Å². The molecule has 1 N–H and O–H groups in total. The molecular formula is C23H21NO4. The first-order valence-electron chi connectivity index (χ1n) is 9.05. The fourth-order valence-corrected chi connectivity index (χ4v) is 3.43. The van der Waals surface area contributed by atoms with Gasteiger partial charge in [-0.15, -0.1) is 0 Å². The highest BCUT2D eigenvalue weighted by atomic mass is 16.5. The summed E-state index contributed by atoms with van der Waals surface area (Å²) >= 11 is 0. The highest BCUT2D eigenvalue weighted by Gasteiger charge is 2.13. The van der Waals surface area contributed by atoms with Crippen LogP contribution in [0.25, 0.3) is 21.7 Å². The molecule has 4 aromatic rings. The maximum Gasteiger partial charge on any atom is 0.224 e. The molecule has 1 heterocycles. The van der Waals surface area contributed by atoms with Gasteiger partial charge in [-0.25, -0.2) is 0 Å². The smallest absolute Gasteiger partial charge is 0.224 e. The Morgan fingerprint density at radius 3 is 2.64 bits per heavy atom. The van der Waals surface area contributed by atoms with Gasteiger partial charge in [-0.3, -0.25) is 4.79 Å². The second kappa shape index (κ2) is 7.64. The minimum absolute atomic E-state index is 0.0644. The zero-order valence-corrected chi connectivity index (χ0v) is 15.8. The quantitative estimate of drug-likeness (QED) is 0.540. The highest BCUT2D eigenvalue weighted by molar-refractivity contribution is 6.08. The molecule has 1 aromatic heterocycles. The summed E-state index contributed by atoms with van der Waals surface area (Å²) in [5, 5.41) is 6.18. The standard InChI is InChI=1S/C23H21NO4/c1-26-19-9-7-15(11-21(19)27-2)13-24-22(25)12-17-14-28-20-10-8-16-5-3-4-6-18(16)23(17)20/h3-11,14H,12-13H2,1-2H3,(H,24,25). The van der Waals surface area contributed by atoms with Crippen LogP contribution in [0.4, 0.5) is 0 Å². The SMILES string of the molecule is COc1ccc(CNC(=O)Cc2coc3ccc4ccccc4c23)cc1OC. The number of amides is 1. The highest BCUT2D eigenvalue weighted by Crippen LogP contribution is 2.30. The van der Waals surface area contributed by atoms with Gasteiger partial charge in [0, 0.05) is 17.5 Å². The average Bonchev–Trinajstić information content (AvgIpc) is 3.15. The molecule has 142 valence electrons. The third-order valence-corrected chi connectivity index (χ3v) is 4.83. The van der Waals surface area contributed by atoms with Crippen molar-refractivity contribution >= 4 is 27.6 Å². The van der Waals surface area contributed by atoms with Crippen molar-refractivity contribution in [2.24, 2.45) is 0 Å². The van der Waals surface area contributed by atoms with Crippen LogP contribution in [-0.4, -0.2) is 20.1 Å². The Morgan fingerprint density at radius 1 is 1.00 bits per heavy atom. The Morgan fingerprint density at radius 2 is 1.82 bits per heavy atom. The van der Waals surface area contributed by atoms with E-state index < -0.39 is 0 Å². The van der Waals surface area contributed by atoms with Crippen LogP contribution in [0.5, 0.6) is 11.5 Å². The predicted octanol–water partition coefficient (Wildman–Crippen LogP) is 4.46. The normalized spacial score (nSPS) is 10.9. The summed E-state index contributed by atoms with van der Waals surface area (Å²) in [6.07, 6.45) is 1.93. The summed E-state index contributed by atoms with van der Waals surface area (Å²) in [6.45, 7) is 0.412. The van der Waals surface area contributed by atoms with Gasteiger partial charge in [0.1, 0.15) is 5.58 Å². The molecule has 0 fully saturated rings. The van der Waals surface area contributed by atoms with Crippen molar-refractivity contribution in [2.75, 3.05) is 14.2 Å². The molecule has 0 saturated carbocycles. The molecule has 0 aliphatic rings. The Bertz CT molecular complexity index is 1150. The molecule has 0 unspecified atom stereocenters. The number of hydrogen-bond acceptors (Lipinski definition) is 4. The lowest BCUT2D eigenvalue weighted by atomic mass is 10.0. The van der Waals surface area contributed by atoms with Gasteiger partial charge in [0.05, 0.1) is 26.9 Å². The molecule has 0 bridgehead atoms. The molecule has 0 radical (unpaired) electrons. The number of ether oxygens (including phenoxy) is 2. The van der Waals surface area contributed by atoms with E-state index in [4.69, 9.17) is 13.9 Å².